The molecule has 4 rings (SSSR count). The van der Waals surface area contributed by atoms with Crippen molar-refractivity contribution in [3.8, 4) is 0 Å². The van der Waals surface area contributed by atoms with Crippen molar-refractivity contribution >= 4 is 33.2 Å². The summed E-state index contributed by atoms with van der Waals surface area (Å²) >= 11 is 1.46. The number of aromatic nitrogens is 1. The zero-order valence-electron chi connectivity index (χ0n) is 14.5. The van der Waals surface area contributed by atoms with E-state index in [1.54, 1.807) is 0 Å². The van der Waals surface area contributed by atoms with Gasteiger partial charge in [0.1, 0.15) is 0 Å². The first-order valence-corrected chi connectivity index (χ1v) is 9.29. The Kier molecular flexibility index (Phi) is 4.27. The largest absolute Gasteiger partial charge is 0.310 e. The molecule has 0 aliphatic carbocycles. The second kappa shape index (κ2) is 6.58. The number of para-hydroxylation sites is 1. The lowest BCUT2D eigenvalue weighted by Crippen LogP contribution is -2.48. The molecule has 128 valence electrons. The van der Waals surface area contributed by atoms with Crippen LogP contribution >= 0.6 is 11.5 Å². The Morgan fingerprint density at radius 2 is 1.96 bits per heavy atom. The molecular weight excluding hydrogens is 330 g/mol. The molecule has 3 aromatic rings. The quantitative estimate of drug-likeness (QED) is 0.726. The van der Waals surface area contributed by atoms with E-state index in [4.69, 9.17) is 0 Å². The number of nitrogens with zero attached hydrogens (tertiary/aromatic N) is 3. The lowest BCUT2D eigenvalue weighted by Gasteiger charge is -2.37. The summed E-state index contributed by atoms with van der Waals surface area (Å²) in [6.45, 7) is 0.727. The summed E-state index contributed by atoms with van der Waals surface area (Å²) in [7, 11) is 4.16. The van der Waals surface area contributed by atoms with Crippen LogP contribution in [-0.4, -0.2) is 41.9 Å². The van der Waals surface area contributed by atoms with Crippen molar-refractivity contribution in [1.29, 1.82) is 0 Å². The number of rotatable bonds is 3. The maximum absolute atomic E-state index is 13.1. The van der Waals surface area contributed by atoms with Crippen LogP contribution in [-0.2, 0) is 17.6 Å². The van der Waals surface area contributed by atoms with Crippen molar-refractivity contribution in [3.63, 3.8) is 0 Å². The smallest absolute Gasteiger partial charge is 0.233 e. The first-order chi connectivity index (χ1) is 12.1. The summed E-state index contributed by atoms with van der Waals surface area (Å²) in [5, 5.41) is 1.09. The summed E-state index contributed by atoms with van der Waals surface area (Å²) in [4.78, 5) is 17.3. The monoisotopic (exact) mass is 351 g/mol. The highest BCUT2D eigenvalue weighted by atomic mass is 32.1. The highest BCUT2D eigenvalue weighted by Crippen LogP contribution is 2.30. The summed E-state index contributed by atoms with van der Waals surface area (Å²) in [6.07, 6.45) is 1.32. The van der Waals surface area contributed by atoms with E-state index < -0.39 is 0 Å². The lowest BCUT2D eigenvalue weighted by molar-refractivity contribution is -0.118. The van der Waals surface area contributed by atoms with E-state index in [1.807, 2.05) is 35.2 Å². The number of amides is 1. The zero-order valence-corrected chi connectivity index (χ0v) is 15.3. The Bertz CT molecular complexity index is 918. The average Bonchev–Trinajstić information content (AvgIpc) is 3.03. The van der Waals surface area contributed by atoms with E-state index in [-0.39, 0.29) is 5.91 Å². The molecule has 1 aliphatic rings. The number of anilines is 1. The SMILES string of the molecule is CN(C)C1Cc2ccccc2N(C(=O)Cc2nsc3ccccc23)C1. The maximum atomic E-state index is 13.1. The molecule has 0 radical (unpaired) electrons. The van der Waals surface area contributed by atoms with Gasteiger partial charge >= 0.3 is 0 Å². The molecule has 4 nitrogen and oxygen atoms in total. The molecule has 1 unspecified atom stereocenters. The predicted octanol–water partition coefficient (Wildman–Crippen LogP) is 3.36. The molecule has 1 atom stereocenters. The van der Waals surface area contributed by atoms with Gasteiger partial charge in [0.15, 0.2) is 0 Å². The van der Waals surface area contributed by atoms with Gasteiger partial charge in [-0.3, -0.25) is 4.79 Å². The third kappa shape index (κ3) is 3.05. The Morgan fingerprint density at radius 3 is 2.80 bits per heavy atom. The molecule has 0 fully saturated rings. The Balaban J connectivity index is 1.64. The van der Waals surface area contributed by atoms with Crippen LogP contribution in [0.5, 0.6) is 0 Å². The van der Waals surface area contributed by atoms with Crippen LogP contribution in [0.25, 0.3) is 10.1 Å². The minimum absolute atomic E-state index is 0.120. The number of carbonyl (C=O) groups excluding carboxylic acids is 1. The van der Waals surface area contributed by atoms with Crippen LogP contribution in [0, 0.1) is 0 Å². The lowest BCUT2D eigenvalue weighted by atomic mass is 9.96. The molecule has 0 bridgehead atoms. The molecule has 0 saturated carbocycles. The van der Waals surface area contributed by atoms with Gasteiger partial charge in [0.05, 0.1) is 16.8 Å². The van der Waals surface area contributed by atoms with Crippen molar-refractivity contribution in [1.82, 2.24) is 9.27 Å². The molecule has 0 saturated heterocycles. The summed E-state index contributed by atoms with van der Waals surface area (Å²) in [6, 6.07) is 16.7. The highest BCUT2D eigenvalue weighted by Gasteiger charge is 2.29. The Morgan fingerprint density at radius 1 is 1.20 bits per heavy atom. The van der Waals surface area contributed by atoms with E-state index >= 15 is 0 Å². The second-order valence-electron chi connectivity index (χ2n) is 6.76. The van der Waals surface area contributed by atoms with E-state index in [9.17, 15) is 4.79 Å². The second-order valence-corrected chi connectivity index (χ2v) is 7.56. The minimum Gasteiger partial charge on any atom is -0.310 e. The van der Waals surface area contributed by atoms with Gasteiger partial charge in [0.2, 0.25) is 5.91 Å². The number of hydrogen-bond donors (Lipinski definition) is 0. The van der Waals surface area contributed by atoms with Gasteiger partial charge in [-0.25, -0.2) is 0 Å². The van der Waals surface area contributed by atoms with Crippen molar-refractivity contribution in [3.05, 3.63) is 59.8 Å². The van der Waals surface area contributed by atoms with Crippen LogP contribution < -0.4 is 4.90 Å². The molecule has 5 heteroatoms. The average molecular weight is 351 g/mol. The van der Waals surface area contributed by atoms with Gasteiger partial charge in [0.25, 0.3) is 0 Å². The van der Waals surface area contributed by atoms with Crippen LogP contribution in [0.1, 0.15) is 11.3 Å². The topological polar surface area (TPSA) is 36.4 Å². The fraction of sp³-hybridized carbons (Fsp3) is 0.300. The van der Waals surface area contributed by atoms with Gasteiger partial charge in [-0.15, -0.1) is 0 Å². The minimum atomic E-state index is 0.120. The third-order valence-corrected chi connectivity index (χ3v) is 5.80. The molecule has 0 spiro atoms. The van der Waals surface area contributed by atoms with Crippen molar-refractivity contribution in [2.45, 2.75) is 18.9 Å². The first kappa shape index (κ1) is 16.2. The van der Waals surface area contributed by atoms with E-state index in [2.05, 4.69) is 41.6 Å². The zero-order chi connectivity index (χ0) is 17.4. The summed E-state index contributed by atoms with van der Waals surface area (Å²) in [5.74, 6) is 0.120. The van der Waals surface area contributed by atoms with Gasteiger partial charge in [0, 0.05) is 23.7 Å². The number of likely N-dealkylation sites (N-methyl/N-ethyl adjacent to an activating group) is 1. The Labute approximate surface area is 151 Å². The molecule has 1 aromatic heterocycles. The van der Waals surface area contributed by atoms with E-state index in [0.717, 1.165) is 34.4 Å². The van der Waals surface area contributed by atoms with E-state index in [1.165, 1.54) is 17.1 Å². The molecule has 1 amide bonds. The van der Waals surface area contributed by atoms with Crippen molar-refractivity contribution < 1.29 is 4.79 Å². The fourth-order valence-electron chi connectivity index (χ4n) is 3.46. The Hall–Kier alpha value is -2.24. The van der Waals surface area contributed by atoms with Gasteiger partial charge in [-0.05, 0) is 49.7 Å². The molecule has 2 aromatic carbocycles. The third-order valence-electron chi connectivity index (χ3n) is 4.93. The summed E-state index contributed by atoms with van der Waals surface area (Å²) in [5.41, 5.74) is 3.17. The fourth-order valence-corrected chi connectivity index (χ4v) is 4.26. The molecule has 2 heterocycles. The maximum Gasteiger partial charge on any atom is 0.233 e. The highest BCUT2D eigenvalue weighted by molar-refractivity contribution is 7.13. The van der Waals surface area contributed by atoms with Crippen molar-refractivity contribution in [2.75, 3.05) is 25.5 Å². The molecule has 25 heavy (non-hydrogen) atoms. The normalized spacial score (nSPS) is 17.1. The van der Waals surface area contributed by atoms with Crippen molar-refractivity contribution in [2.24, 2.45) is 0 Å². The number of fused-ring (bicyclic) bond motifs is 2. The van der Waals surface area contributed by atoms with Gasteiger partial charge < -0.3 is 9.80 Å². The number of hydrogen-bond acceptors (Lipinski definition) is 4. The van der Waals surface area contributed by atoms with Crippen LogP contribution in [0.15, 0.2) is 48.5 Å². The number of benzene rings is 2. The van der Waals surface area contributed by atoms with Crippen LogP contribution in [0.2, 0.25) is 0 Å². The van der Waals surface area contributed by atoms with Crippen LogP contribution in [0.3, 0.4) is 0 Å². The first-order valence-electron chi connectivity index (χ1n) is 8.51. The molecule has 1 aliphatic heterocycles. The predicted molar refractivity (Wildman–Crippen MR) is 103 cm³/mol. The molecule has 0 N–H and O–H groups in total. The van der Waals surface area contributed by atoms with Crippen LogP contribution in [0.4, 0.5) is 5.69 Å². The number of carbonyl (C=O) groups is 1. The standard InChI is InChI=1S/C20H21N3OS/c1-22(2)15-11-14-7-3-5-9-18(14)23(13-15)20(24)12-17-16-8-4-6-10-19(16)25-21-17/h3-10,15H,11-13H2,1-2H3. The van der Waals surface area contributed by atoms with Gasteiger partial charge in [-0.1, -0.05) is 36.4 Å². The summed E-state index contributed by atoms with van der Waals surface area (Å²) < 4.78 is 5.66. The van der Waals surface area contributed by atoms with E-state index in [0.29, 0.717) is 12.5 Å². The molecular formula is C20H21N3OS. The van der Waals surface area contributed by atoms with Gasteiger partial charge in [-0.2, -0.15) is 4.37 Å².